The van der Waals surface area contributed by atoms with Crippen molar-refractivity contribution in [2.45, 2.75) is 51.9 Å². The molecule has 0 amide bonds. The SMILES string of the molecule is CCc1ccc2c(F)ccc(C(O)c3nccn3COCC[Si](C)(C)C)n12. The number of imidazole rings is 1. The van der Waals surface area contributed by atoms with Crippen LogP contribution in [-0.2, 0) is 17.9 Å². The number of pyridine rings is 1. The Hall–Kier alpha value is -1.96. The number of rotatable bonds is 8. The number of fused-ring (bicyclic) bond motifs is 1. The summed E-state index contributed by atoms with van der Waals surface area (Å²) in [6.07, 6.45) is 3.22. The molecule has 0 fully saturated rings. The van der Waals surface area contributed by atoms with Crippen LogP contribution in [0.4, 0.5) is 4.39 Å². The molecule has 3 aromatic heterocycles. The van der Waals surface area contributed by atoms with Crippen molar-refractivity contribution in [3.8, 4) is 0 Å². The van der Waals surface area contributed by atoms with Crippen molar-refractivity contribution in [2.75, 3.05) is 6.61 Å². The Morgan fingerprint density at radius 2 is 2.00 bits per heavy atom. The van der Waals surface area contributed by atoms with E-state index in [2.05, 4.69) is 24.6 Å². The molecule has 7 heteroatoms. The molecule has 1 N–H and O–H groups in total. The van der Waals surface area contributed by atoms with E-state index in [4.69, 9.17) is 4.74 Å². The topological polar surface area (TPSA) is 51.7 Å². The van der Waals surface area contributed by atoms with Crippen molar-refractivity contribution in [3.63, 3.8) is 0 Å². The van der Waals surface area contributed by atoms with Crippen molar-refractivity contribution >= 4 is 13.6 Å². The second-order valence-corrected chi connectivity index (χ2v) is 13.6. The molecule has 1 unspecified atom stereocenters. The van der Waals surface area contributed by atoms with Gasteiger partial charge in [0.25, 0.3) is 0 Å². The lowest BCUT2D eigenvalue weighted by Crippen LogP contribution is -2.22. The molecular weight excluding hydrogens is 361 g/mol. The molecule has 0 saturated heterocycles. The highest BCUT2D eigenvalue weighted by Crippen LogP contribution is 2.26. The van der Waals surface area contributed by atoms with Crippen molar-refractivity contribution in [1.29, 1.82) is 0 Å². The minimum atomic E-state index is -1.14. The van der Waals surface area contributed by atoms with Crippen LogP contribution in [0.3, 0.4) is 0 Å². The van der Waals surface area contributed by atoms with Gasteiger partial charge >= 0.3 is 0 Å². The molecule has 27 heavy (non-hydrogen) atoms. The lowest BCUT2D eigenvalue weighted by Gasteiger charge is -2.18. The minimum Gasteiger partial charge on any atom is -0.379 e. The molecule has 5 nitrogen and oxygen atoms in total. The Labute approximate surface area is 160 Å². The number of aliphatic hydroxyl groups excluding tert-OH is 1. The monoisotopic (exact) mass is 389 g/mol. The van der Waals surface area contributed by atoms with Crippen LogP contribution in [0.5, 0.6) is 0 Å². The zero-order chi connectivity index (χ0) is 19.6. The van der Waals surface area contributed by atoms with Crippen LogP contribution in [0.1, 0.15) is 30.2 Å². The van der Waals surface area contributed by atoms with Crippen LogP contribution < -0.4 is 0 Å². The maximum atomic E-state index is 14.2. The first-order valence-corrected chi connectivity index (χ1v) is 13.1. The highest BCUT2D eigenvalue weighted by Gasteiger charge is 2.21. The summed E-state index contributed by atoms with van der Waals surface area (Å²) in [4.78, 5) is 4.32. The zero-order valence-electron chi connectivity index (χ0n) is 16.4. The summed E-state index contributed by atoms with van der Waals surface area (Å²) in [6, 6.07) is 7.74. The summed E-state index contributed by atoms with van der Waals surface area (Å²) in [6.45, 7) is 9.98. The van der Waals surface area contributed by atoms with Crippen LogP contribution in [0.2, 0.25) is 25.7 Å². The van der Waals surface area contributed by atoms with Gasteiger partial charge in [-0.3, -0.25) is 0 Å². The van der Waals surface area contributed by atoms with Gasteiger partial charge < -0.3 is 18.8 Å². The number of hydrogen-bond donors (Lipinski definition) is 1. The van der Waals surface area contributed by atoms with Crippen molar-refractivity contribution in [2.24, 2.45) is 0 Å². The highest BCUT2D eigenvalue weighted by molar-refractivity contribution is 6.76. The van der Waals surface area contributed by atoms with E-state index in [0.29, 0.717) is 30.4 Å². The van der Waals surface area contributed by atoms with Gasteiger partial charge in [-0.25, -0.2) is 9.37 Å². The number of halogens is 1. The van der Waals surface area contributed by atoms with Gasteiger partial charge in [0, 0.05) is 32.8 Å². The lowest BCUT2D eigenvalue weighted by atomic mass is 10.2. The summed E-state index contributed by atoms with van der Waals surface area (Å²) < 4.78 is 23.5. The number of aryl methyl sites for hydroxylation is 1. The molecule has 0 bridgehead atoms. The predicted octanol–water partition coefficient (Wildman–Crippen LogP) is 4.23. The Morgan fingerprint density at radius 1 is 1.22 bits per heavy atom. The fourth-order valence-electron chi connectivity index (χ4n) is 3.13. The molecule has 3 rings (SSSR count). The average molecular weight is 390 g/mol. The summed E-state index contributed by atoms with van der Waals surface area (Å²) >= 11 is 0. The van der Waals surface area contributed by atoms with E-state index in [1.165, 1.54) is 6.07 Å². The smallest absolute Gasteiger partial charge is 0.152 e. The normalized spacial score (nSPS) is 13.4. The Morgan fingerprint density at radius 3 is 2.70 bits per heavy atom. The van der Waals surface area contributed by atoms with E-state index in [0.717, 1.165) is 18.2 Å². The fraction of sp³-hybridized carbons (Fsp3) is 0.450. The first kappa shape index (κ1) is 19.8. The molecule has 146 valence electrons. The van der Waals surface area contributed by atoms with Gasteiger partial charge in [0.2, 0.25) is 0 Å². The van der Waals surface area contributed by atoms with Crippen molar-refractivity contribution < 1.29 is 14.2 Å². The van der Waals surface area contributed by atoms with Crippen LogP contribution in [0.15, 0.2) is 36.7 Å². The van der Waals surface area contributed by atoms with Crippen LogP contribution in [0.25, 0.3) is 5.52 Å². The number of aromatic nitrogens is 3. The van der Waals surface area contributed by atoms with Gasteiger partial charge in [-0.05, 0) is 36.7 Å². The number of nitrogens with zero attached hydrogens (tertiary/aromatic N) is 3. The van der Waals surface area contributed by atoms with E-state index in [1.54, 1.807) is 33.5 Å². The lowest BCUT2D eigenvalue weighted by molar-refractivity contribution is 0.0782. The second kappa shape index (κ2) is 7.96. The van der Waals surface area contributed by atoms with E-state index in [9.17, 15) is 9.50 Å². The zero-order valence-corrected chi connectivity index (χ0v) is 17.4. The van der Waals surface area contributed by atoms with E-state index >= 15 is 0 Å². The molecule has 0 radical (unpaired) electrons. The molecular formula is C20H28FN3O2Si. The molecule has 0 aromatic carbocycles. The standard InChI is InChI=1S/C20H28FN3O2Si/c1-5-15-6-8-17-16(21)7-9-18(24(15)17)19(25)20-22-10-11-23(20)14-26-12-13-27(2,3)4/h6-11,19,25H,5,12-14H2,1-4H3. The van der Waals surface area contributed by atoms with E-state index in [-0.39, 0.29) is 5.82 Å². The maximum absolute atomic E-state index is 14.2. The van der Waals surface area contributed by atoms with E-state index < -0.39 is 14.2 Å². The van der Waals surface area contributed by atoms with Crippen molar-refractivity contribution in [3.05, 3.63) is 59.7 Å². The van der Waals surface area contributed by atoms with Crippen molar-refractivity contribution in [1.82, 2.24) is 14.0 Å². The molecule has 0 aliphatic carbocycles. The number of aliphatic hydroxyl groups is 1. The first-order valence-electron chi connectivity index (χ1n) is 9.37. The molecule has 0 aliphatic rings. The number of hydrogen-bond acceptors (Lipinski definition) is 3. The van der Waals surface area contributed by atoms with Crippen LogP contribution in [-0.4, -0.2) is 33.7 Å². The Balaban J connectivity index is 1.84. The molecule has 0 aliphatic heterocycles. The highest BCUT2D eigenvalue weighted by atomic mass is 28.3. The Bertz CT molecular complexity index is 914. The van der Waals surface area contributed by atoms with E-state index in [1.807, 2.05) is 13.0 Å². The van der Waals surface area contributed by atoms with Gasteiger partial charge in [-0.1, -0.05) is 26.6 Å². The van der Waals surface area contributed by atoms with Crippen LogP contribution >= 0.6 is 0 Å². The third kappa shape index (κ3) is 4.31. The quantitative estimate of drug-likeness (QED) is 0.463. The molecule has 0 spiro atoms. The third-order valence-electron chi connectivity index (χ3n) is 4.73. The summed E-state index contributed by atoms with van der Waals surface area (Å²) in [5.41, 5.74) is 2.01. The fourth-order valence-corrected chi connectivity index (χ4v) is 3.89. The molecule has 0 saturated carbocycles. The van der Waals surface area contributed by atoms with Crippen LogP contribution in [0, 0.1) is 5.82 Å². The largest absolute Gasteiger partial charge is 0.379 e. The van der Waals surface area contributed by atoms with Gasteiger partial charge in [-0.2, -0.15) is 0 Å². The minimum absolute atomic E-state index is 0.302. The first-order chi connectivity index (χ1) is 12.8. The summed E-state index contributed by atoms with van der Waals surface area (Å²) in [7, 11) is -1.14. The molecule has 3 aromatic rings. The number of ether oxygens (including phenoxy) is 1. The predicted molar refractivity (Wildman–Crippen MR) is 107 cm³/mol. The second-order valence-electron chi connectivity index (χ2n) is 8.01. The van der Waals surface area contributed by atoms with Gasteiger partial charge in [-0.15, -0.1) is 0 Å². The maximum Gasteiger partial charge on any atom is 0.152 e. The summed E-state index contributed by atoms with van der Waals surface area (Å²) in [5.74, 6) is 0.190. The Kier molecular flexibility index (Phi) is 5.83. The molecule has 1 atom stereocenters. The molecule has 3 heterocycles. The van der Waals surface area contributed by atoms with Gasteiger partial charge in [0.1, 0.15) is 18.4 Å². The summed E-state index contributed by atoms with van der Waals surface area (Å²) in [5, 5.41) is 11.0. The average Bonchev–Trinajstić information content (AvgIpc) is 3.25. The third-order valence-corrected chi connectivity index (χ3v) is 6.43. The van der Waals surface area contributed by atoms with Gasteiger partial charge in [0.05, 0.1) is 11.2 Å². The van der Waals surface area contributed by atoms with Gasteiger partial charge in [0.15, 0.2) is 6.10 Å².